The van der Waals surface area contributed by atoms with Gasteiger partial charge in [0.1, 0.15) is 12.2 Å². The third-order valence-corrected chi connectivity index (χ3v) is 4.15. The third kappa shape index (κ3) is 3.40. The van der Waals surface area contributed by atoms with Crippen LogP contribution < -0.4 is 10.6 Å². The van der Waals surface area contributed by atoms with E-state index in [0.29, 0.717) is 10.6 Å². The van der Waals surface area contributed by atoms with E-state index in [0.717, 1.165) is 0 Å². The molecular formula is C14H19ClN2O5. The number of halogens is 1. The first kappa shape index (κ1) is 17.1. The van der Waals surface area contributed by atoms with Crippen molar-refractivity contribution in [2.75, 3.05) is 19.7 Å². The molecule has 2 rings (SSSR count). The number of carbonyl (C=O) groups is 1. The lowest BCUT2D eigenvalue weighted by Gasteiger charge is -2.45. The number of hydrogen-bond acceptors (Lipinski definition) is 6. The Hall–Kier alpha value is -1.22. The van der Waals surface area contributed by atoms with Crippen LogP contribution in [0, 0.1) is 0 Å². The van der Waals surface area contributed by atoms with Crippen LogP contribution in [0.15, 0.2) is 24.3 Å². The van der Waals surface area contributed by atoms with Gasteiger partial charge in [-0.3, -0.25) is 4.79 Å². The fourth-order valence-electron chi connectivity index (χ4n) is 2.38. The summed E-state index contributed by atoms with van der Waals surface area (Å²) >= 11 is 5.75. The minimum Gasteiger partial charge on any atom is -0.394 e. The molecule has 1 aromatic carbocycles. The second-order valence-electron chi connectivity index (χ2n) is 5.39. The number of carbonyl (C=O) groups excluding carboxylic acids is 1. The Balaban J connectivity index is 2.04. The Labute approximate surface area is 132 Å². The first-order valence-electron chi connectivity index (χ1n) is 6.83. The maximum Gasteiger partial charge on any atom is 0.251 e. The smallest absolute Gasteiger partial charge is 0.251 e. The molecule has 1 amide bonds. The number of rotatable bonds is 4. The van der Waals surface area contributed by atoms with E-state index in [2.05, 4.69) is 10.6 Å². The summed E-state index contributed by atoms with van der Waals surface area (Å²) in [6.45, 7) is -0.635. The van der Waals surface area contributed by atoms with Gasteiger partial charge in [0.15, 0.2) is 0 Å². The number of aliphatic hydroxyl groups excluding tert-OH is 4. The van der Waals surface area contributed by atoms with Crippen LogP contribution in [0.5, 0.6) is 0 Å². The Morgan fingerprint density at radius 2 is 1.95 bits per heavy atom. The first-order valence-corrected chi connectivity index (χ1v) is 7.21. The van der Waals surface area contributed by atoms with Gasteiger partial charge in [-0.05, 0) is 24.3 Å². The van der Waals surface area contributed by atoms with Crippen molar-refractivity contribution < 1.29 is 25.2 Å². The molecule has 1 saturated heterocycles. The highest BCUT2D eigenvalue weighted by atomic mass is 35.5. The molecule has 0 radical (unpaired) electrons. The molecule has 0 bridgehead atoms. The molecule has 1 heterocycles. The molecule has 6 N–H and O–H groups in total. The van der Waals surface area contributed by atoms with Crippen LogP contribution in [-0.2, 0) is 0 Å². The number of β-amino-alcohol motifs (C(OH)–C–C–N with tert-alkyl or cyclic N) is 1. The summed E-state index contributed by atoms with van der Waals surface area (Å²) in [5.41, 5.74) is -0.941. The lowest BCUT2D eigenvalue weighted by atomic mass is 9.83. The van der Waals surface area contributed by atoms with Gasteiger partial charge in [0, 0.05) is 23.7 Å². The SMILES string of the molecule is O=C(NCC1(CO)NCC(O)C(O)C1O)c1ccc(Cl)cc1. The summed E-state index contributed by atoms with van der Waals surface area (Å²) in [5, 5.41) is 44.8. The highest BCUT2D eigenvalue weighted by molar-refractivity contribution is 6.30. The van der Waals surface area contributed by atoms with Crippen molar-refractivity contribution in [2.45, 2.75) is 23.9 Å². The van der Waals surface area contributed by atoms with E-state index in [1.54, 1.807) is 24.3 Å². The zero-order chi connectivity index (χ0) is 16.3. The van der Waals surface area contributed by atoms with Crippen molar-refractivity contribution >= 4 is 17.5 Å². The van der Waals surface area contributed by atoms with Crippen molar-refractivity contribution in [3.05, 3.63) is 34.9 Å². The van der Waals surface area contributed by atoms with Gasteiger partial charge in [-0.2, -0.15) is 0 Å². The molecule has 1 fully saturated rings. The number of hydrogen-bond donors (Lipinski definition) is 6. The molecule has 0 aromatic heterocycles. The summed E-state index contributed by atoms with van der Waals surface area (Å²) in [4.78, 5) is 12.1. The minimum absolute atomic E-state index is 0.00436. The van der Waals surface area contributed by atoms with Crippen molar-refractivity contribution in [3.8, 4) is 0 Å². The van der Waals surface area contributed by atoms with Gasteiger partial charge in [0.25, 0.3) is 5.91 Å². The van der Waals surface area contributed by atoms with Crippen molar-refractivity contribution in [2.24, 2.45) is 0 Å². The van der Waals surface area contributed by atoms with Gasteiger partial charge in [0.2, 0.25) is 0 Å². The molecule has 4 atom stereocenters. The van der Waals surface area contributed by atoms with Gasteiger partial charge in [-0.1, -0.05) is 11.6 Å². The normalized spacial score (nSPS) is 31.8. The maximum absolute atomic E-state index is 12.1. The van der Waals surface area contributed by atoms with E-state index >= 15 is 0 Å². The topological polar surface area (TPSA) is 122 Å². The average molecular weight is 331 g/mol. The zero-order valence-electron chi connectivity index (χ0n) is 11.7. The lowest BCUT2D eigenvalue weighted by molar-refractivity contribution is -0.131. The second kappa shape index (κ2) is 6.91. The number of nitrogens with one attached hydrogen (secondary N) is 2. The Bertz CT molecular complexity index is 526. The van der Waals surface area contributed by atoms with Gasteiger partial charge in [-0.15, -0.1) is 0 Å². The average Bonchev–Trinajstić information content (AvgIpc) is 2.53. The molecular weight excluding hydrogens is 312 g/mol. The summed E-state index contributed by atoms with van der Waals surface area (Å²) in [6, 6.07) is 6.25. The van der Waals surface area contributed by atoms with E-state index in [1.165, 1.54) is 0 Å². The number of piperidine rings is 1. The van der Waals surface area contributed by atoms with Crippen molar-refractivity contribution in [3.63, 3.8) is 0 Å². The molecule has 4 unspecified atom stereocenters. The largest absolute Gasteiger partial charge is 0.394 e. The van der Waals surface area contributed by atoms with Crippen LogP contribution in [0.2, 0.25) is 5.02 Å². The molecule has 0 saturated carbocycles. The fourth-order valence-corrected chi connectivity index (χ4v) is 2.51. The molecule has 22 heavy (non-hydrogen) atoms. The molecule has 1 aliphatic heterocycles. The van der Waals surface area contributed by atoms with E-state index in [4.69, 9.17) is 11.6 Å². The Morgan fingerprint density at radius 1 is 1.32 bits per heavy atom. The molecule has 1 aromatic rings. The van der Waals surface area contributed by atoms with Crippen LogP contribution in [0.3, 0.4) is 0 Å². The van der Waals surface area contributed by atoms with Gasteiger partial charge >= 0.3 is 0 Å². The molecule has 122 valence electrons. The van der Waals surface area contributed by atoms with Gasteiger partial charge < -0.3 is 31.1 Å². The van der Waals surface area contributed by atoms with E-state index < -0.39 is 36.4 Å². The number of aliphatic hydroxyl groups is 4. The van der Waals surface area contributed by atoms with Gasteiger partial charge in [-0.25, -0.2) is 0 Å². The van der Waals surface area contributed by atoms with Crippen LogP contribution in [0.4, 0.5) is 0 Å². The fraction of sp³-hybridized carbons (Fsp3) is 0.500. The predicted molar refractivity (Wildman–Crippen MR) is 79.6 cm³/mol. The predicted octanol–water partition coefficient (Wildman–Crippen LogP) is -1.51. The van der Waals surface area contributed by atoms with Crippen LogP contribution in [-0.4, -0.2) is 69.9 Å². The Morgan fingerprint density at radius 3 is 2.55 bits per heavy atom. The number of amides is 1. The third-order valence-electron chi connectivity index (χ3n) is 3.90. The molecule has 7 nitrogen and oxygen atoms in total. The second-order valence-corrected chi connectivity index (χ2v) is 5.82. The highest BCUT2D eigenvalue weighted by Gasteiger charge is 2.47. The van der Waals surface area contributed by atoms with Crippen LogP contribution >= 0.6 is 11.6 Å². The van der Waals surface area contributed by atoms with Crippen LogP contribution in [0.25, 0.3) is 0 Å². The van der Waals surface area contributed by atoms with Crippen molar-refractivity contribution in [1.82, 2.24) is 10.6 Å². The first-order chi connectivity index (χ1) is 10.4. The zero-order valence-corrected chi connectivity index (χ0v) is 12.5. The van der Waals surface area contributed by atoms with E-state index in [-0.39, 0.29) is 13.1 Å². The standard InChI is InChI=1S/C14H19ClN2O5/c15-9-3-1-8(2-4-9)13(22)16-6-14(7-18)12(21)11(20)10(19)5-17-14/h1-4,10-12,17-21H,5-7H2,(H,16,22). The highest BCUT2D eigenvalue weighted by Crippen LogP contribution is 2.20. The molecule has 1 aliphatic rings. The quantitative estimate of drug-likeness (QED) is 0.399. The van der Waals surface area contributed by atoms with Gasteiger partial charge in [0.05, 0.1) is 18.2 Å². The molecule has 8 heteroatoms. The summed E-state index contributed by atoms with van der Waals surface area (Å²) in [5.74, 6) is -0.404. The maximum atomic E-state index is 12.1. The van der Waals surface area contributed by atoms with E-state index in [1.807, 2.05) is 0 Å². The monoisotopic (exact) mass is 330 g/mol. The summed E-state index contributed by atoms with van der Waals surface area (Å²) in [6.07, 6.45) is -3.96. The summed E-state index contributed by atoms with van der Waals surface area (Å²) in [7, 11) is 0. The minimum atomic E-state index is -1.42. The lowest BCUT2D eigenvalue weighted by Crippen LogP contribution is -2.73. The summed E-state index contributed by atoms with van der Waals surface area (Å²) < 4.78 is 0. The number of benzene rings is 1. The van der Waals surface area contributed by atoms with E-state index in [9.17, 15) is 25.2 Å². The Kier molecular flexibility index (Phi) is 5.38. The molecule has 0 spiro atoms. The van der Waals surface area contributed by atoms with Crippen molar-refractivity contribution in [1.29, 1.82) is 0 Å². The molecule has 0 aliphatic carbocycles. The van der Waals surface area contributed by atoms with Crippen LogP contribution in [0.1, 0.15) is 10.4 Å².